The zero-order valence-electron chi connectivity index (χ0n) is 10.4. The molecule has 1 heterocycles. The van der Waals surface area contributed by atoms with E-state index in [-0.39, 0.29) is 31.4 Å². The van der Waals surface area contributed by atoms with Crippen molar-refractivity contribution in [3.63, 3.8) is 0 Å². The average Bonchev–Trinajstić information content (AvgIpc) is 2.65. The average molecular weight is 283 g/mol. The number of carbonyl (C=O) groups excluding carboxylic acids is 1. The van der Waals surface area contributed by atoms with Crippen molar-refractivity contribution in [3.05, 3.63) is 0 Å². The van der Waals surface area contributed by atoms with E-state index in [1.807, 2.05) is 0 Å². The van der Waals surface area contributed by atoms with Crippen LogP contribution in [-0.2, 0) is 14.3 Å². The summed E-state index contributed by atoms with van der Waals surface area (Å²) >= 11 is 0. The van der Waals surface area contributed by atoms with Gasteiger partial charge in [0.05, 0.1) is 18.9 Å². The molecule has 110 valence electrons. The van der Waals surface area contributed by atoms with E-state index in [2.05, 4.69) is 4.74 Å². The van der Waals surface area contributed by atoms with E-state index in [0.29, 0.717) is 6.54 Å². The van der Waals surface area contributed by atoms with Crippen LogP contribution in [0.5, 0.6) is 0 Å². The van der Waals surface area contributed by atoms with Crippen molar-refractivity contribution in [2.24, 2.45) is 11.8 Å². The molecule has 1 aliphatic rings. The van der Waals surface area contributed by atoms with E-state index >= 15 is 0 Å². The van der Waals surface area contributed by atoms with E-state index in [9.17, 15) is 22.8 Å². The standard InChI is InChI=1S/C11H16F3NO4/c1-7-4-15(5-8(7)10(17)18)9(16)2-3-19-6-11(12,13)14/h7-8H,2-6H2,1H3,(H,17,18)/t7-,8-/m1/s1. The minimum atomic E-state index is -4.40. The van der Waals surface area contributed by atoms with Crippen LogP contribution in [0, 0.1) is 11.8 Å². The SMILES string of the molecule is C[C@@H]1CN(C(=O)CCOCC(F)(F)F)C[C@H]1C(=O)O. The molecular weight excluding hydrogens is 267 g/mol. The molecular formula is C11H16F3NO4. The molecule has 0 spiro atoms. The van der Waals surface area contributed by atoms with Gasteiger partial charge in [-0.05, 0) is 5.92 Å². The number of halogens is 3. The van der Waals surface area contributed by atoms with Crippen LogP contribution in [0.25, 0.3) is 0 Å². The number of likely N-dealkylation sites (tertiary alicyclic amines) is 1. The van der Waals surface area contributed by atoms with Crippen molar-refractivity contribution in [2.75, 3.05) is 26.3 Å². The summed E-state index contributed by atoms with van der Waals surface area (Å²) in [5.74, 6) is -2.11. The summed E-state index contributed by atoms with van der Waals surface area (Å²) in [5, 5.41) is 8.90. The third kappa shape index (κ3) is 5.06. The van der Waals surface area contributed by atoms with Gasteiger partial charge in [0.25, 0.3) is 0 Å². The Morgan fingerprint density at radius 2 is 2.00 bits per heavy atom. The van der Waals surface area contributed by atoms with Crippen LogP contribution < -0.4 is 0 Å². The Morgan fingerprint density at radius 3 is 2.47 bits per heavy atom. The molecule has 8 heteroatoms. The molecule has 19 heavy (non-hydrogen) atoms. The van der Waals surface area contributed by atoms with Crippen LogP contribution >= 0.6 is 0 Å². The fraction of sp³-hybridized carbons (Fsp3) is 0.818. The monoisotopic (exact) mass is 283 g/mol. The number of rotatable bonds is 5. The van der Waals surface area contributed by atoms with Gasteiger partial charge in [0, 0.05) is 13.1 Å². The largest absolute Gasteiger partial charge is 0.481 e. The quantitative estimate of drug-likeness (QED) is 0.768. The fourth-order valence-electron chi connectivity index (χ4n) is 2.00. The van der Waals surface area contributed by atoms with E-state index in [0.717, 1.165) is 0 Å². The first-order valence-corrected chi connectivity index (χ1v) is 5.86. The van der Waals surface area contributed by atoms with Crippen LogP contribution in [0.15, 0.2) is 0 Å². The van der Waals surface area contributed by atoms with Gasteiger partial charge in [0.1, 0.15) is 6.61 Å². The maximum atomic E-state index is 11.8. The minimum absolute atomic E-state index is 0.106. The van der Waals surface area contributed by atoms with Crippen LogP contribution in [0.4, 0.5) is 13.2 Å². The van der Waals surface area contributed by atoms with Crippen molar-refractivity contribution in [1.29, 1.82) is 0 Å². The summed E-state index contributed by atoms with van der Waals surface area (Å²) in [6.45, 7) is 0.450. The number of carbonyl (C=O) groups is 2. The summed E-state index contributed by atoms with van der Waals surface area (Å²) in [7, 11) is 0. The third-order valence-corrected chi connectivity index (χ3v) is 3.01. The molecule has 1 aliphatic heterocycles. The first kappa shape index (κ1) is 15.7. The predicted octanol–water partition coefficient (Wildman–Crippen LogP) is 1.13. The number of hydrogen-bond donors (Lipinski definition) is 1. The van der Waals surface area contributed by atoms with Crippen molar-refractivity contribution in [3.8, 4) is 0 Å². The molecule has 1 rings (SSSR count). The van der Waals surface area contributed by atoms with E-state index in [1.54, 1.807) is 6.92 Å². The molecule has 0 unspecified atom stereocenters. The molecule has 0 radical (unpaired) electrons. The number of nitrogens with zero attached hydrogens (tertiary/aromatic N) is 1. The molecule has 1 amide bonds. The highest BCUT2D eigenvalue weighted by Gasteiger charge is 2.36. The number of amides is 1. The highest BCUT2D eigenvalue weighted by atomic mass is 19.4. The third-order valence-electron chi connectivity index (χ3n) is 3.01. The van der Waals surface area contributed by atoms with Crippen molar-refractivity contribution in [1.82, 2.24) is 4.90 Å². The lowest BCUT2D eigenvalue weighted by atomic mass is 9.99. The number of carboxylic acids is 1. The number of carboxylic acid groups (broad SMARTS) is 1. The van der Waals surface area contributed by atoms with E-state index < -0.39 is 24.7 Å². The molecule has 0 bridgehead atoms. The van der Waals surface area contributed by atoms with Crippen LogP contribution in [0.1, 0.15) is 13.3 Å². The van der Waals surface area contributed by atoms with Crippen LogP contribution in [0.3, 0.4) is 0 Å². The predicted molar refractivity (Wildman–Crippen MR) is 58.4 cm³/mol. The van der Waals surface area contributed by atoms with Crippen LogP contribution in [-0.4, -0.2) is 54.4 Å². The van der Waals surface area contributed by atoms with Gasteiger partial charge in [-0.25, -0.2) is 0 Å². The van der Waals surface area contributed by atoms with E-state index in [4.69, 9.17) is 5.11 Å². The first-order valence-electron chi connectivity index (χ1n) is 5.86. The maximum absolute atomic E-state index is 11.8. The van der Waals surface area contributed by atoms with Gasteiger partial charge >= 0.3 is 12.1 Å². The zero-order chi connectivity index (χ0) is 14.6. The van der Waals surface area contributed by atoms with Gasteiger partial charge in [0.2, 0.25) is 5.91 Å². The Balaban J connectivity index is 2.30. The molecule has 0 aromatic heterocycles. The second kappa shape index (κ2) is 6.23. The second-order valence-electron chi connectivity index (χ2n) is 4.64. The first-order chi connectivity index (χ1) is 8.70. The Labute approximate surface area is 108 Å². The summed E-state index contributed by atoms with van der Waals surface area (Å²) in [6, 6.07) is 0. The Bertz CT molecular complexity index is 345. The molecule has 0 aliphatic carbocycles. The van der Waals surface area contributed by atoms with Gasteiger partial charge in [-0.2, -0.15) is 13.2 Å². The van der Waals surface area contributed by atoms with Gasteiger partial charge in [0.15, 0.2) is 0 Å². The van der Waals surface area contributed by atoms with Gasteiger partial charge in [-0.1, -0.05) is 6.92 Å². The number of hydrogen-bond acceptors (Lipinski definition) is 3. The molecule has 1 fully saturated rings. The van der Waals surface area contributed by atoms with E-state index in [1.165, 1.54) is 4.90 Å². The number of alkyl halides is 3. The van der Waals surface area contributed by atoms with Crippen molar-refractivity contribution in [2.45, 2.75) is 19.5 Å². The lowest BCUT2D eigenvalue weighted by Crippen LogP contribution is -2.31. The Hall–Kier alpha value is -1.31. The molecule has 0 saturated carbocycles. The lowest BCUT2D eigenvalue weighted by molar-refractivity contribution is -0.175. The molecule has 1 saturated heterocycles. The summed E-state index contributed by atoms with van der Waals surface area (Å²) in [4.78, 5) is 23.9. The maximum Gasteiger partial charge on any atom is 0.411 e. The van der Waals surface area contributed by atoms with Gasteiger partial charge < -0.3 is 14.7 Å². The highest BCUT2D eigenvalue weighted by molar-refractivity contribution is 5.79. The molecule has 5 nitrogen and oxygen atoms in total. The number of aliphatic carboxylic acids is 1. The minimum Gasteiger partial charge on any atom is -0.481 e. The molecule has 1 N–H and O–H groups in total. The fourth-order valence-corrected chi connectivity index (χ4v) is 2.00. The summed E-state index contributed by atoms with van der Waals surface area (Å²) in [5.41, 5.74) is 0. The zero-order valence-corrected chi connectivity index (χ0v) is 10.4. The molecule has 0 aromatic rings. The molecule has 0 aromatic carbocycles. The van der Waals surface area contributed by atoms with Gasteiger partial charge in [-0.3, -0.25) is 9.59 Å². The van der Waals surface area contributed by atoms with Crippen molar-refractivity contribution < 1.29 is 32.6 Å². The summed E-state index contributed by atoms with van der Waals surface area (Å²) < 4.78 is 39.7. The topological polar surface area (TPSA) is 66.8 Å². The smallest absolute Gasteiger partial charge is 0.411 e. The summed E-state index contributed by atoms with van der Waals surface area (Å²) in [6.07, 6.45) is -4.57. The highest BCUT2D eigenvalue weighted by Crippen LogP contribution is 2.23. The molecule has 2 atom stereocenters. The Kier molecular flexibility index (Phi) is 5.16. The van der Waals surface area contributed by atoms with Gasteiger partial charge in [-0.15, -0.1) is 0 Å². The second-order valence-corrected chi connectivity index (χ2v) is 4.64. The lowest BCUT2D eigenvalue weighted by Gasteiger charge is -2.16. The van der Waals surface area contributed by atoms with Crippen LogP contribution in [0.2, 0.25) is 0 Å². The normalized spacial score (nSPS) is 23.7. The Morgan fingerprint density at radius 1 is 1.37 bits per heavy atom. The van der Waals surface area contributed by atoms with Crippen molar-refractivity contribution >= 4 is 11.9 Å². The number of ether oxygens (including phenoxy) is 1.